The van der Waals surface area contributed by atoms with Crippen molar-refractivity contribution in [3.63, 3.8) is 0 Å². The number of hydrogen-bond acceptors (Lipinski definition) is 3. The molecule has 1 aliphatic carbocycles. The molecule has 1 aliphatic heterocycles. The van der Waals surface area contributed by atoms with E-state index in [9.17, 15) is 4.79 Å². The zero-order valence-corrected chi connectivity index (χ0v) is 11.3. The second-order valence-corrected chi connectivity index (χ2v) is 5.51. The Morgan fingerprint density at radius 1 is 0.950 bits per heavy atom. The molecule has 0 amide bonds. The Morgan fingerprint density at radius 2 is 1.70 bits per heavy atom. The van der Waals surface area contributed by atoms with E-state index in [4.69, 9.17) is 9.47 Å². The van der Waals surface area contributed by atoms with Crippen LogP contribution in [0.3, 0.4) is 0 Å². The fourth-order valence-electron chi connectivity index (χ4n) is 3.12. The SMILES string of the molecule is O=c1c2c([nH]c3cc4c(cc13)OCCCO4)CCCC2. The first kappa shape index (κ1) is 11.8. The molecular weight excluding hydrogens is 254 g/mol. The van der Waals surface area contributed by atoms with Crippen molar-refractivity contribution in [3.8, 4) is 11.5 Å². The lowest BCUT2D eigenvalue weighted by Gasteiger charge is -2.17. The van der Waals surface area contributed by atoms with Crippen LogP contribution in [-0.4, -0.2) is 18.2 Å². The smallest absolute Gasteiger partial charge is 0.192 e. The van der Waals surface area contributed by atoms with Gasteiger partial charge in [0.15, 0.2) is 16.9 Å². The van der Waals surface area contributed by atoms with Gasteiger partial charge in [-0.1, -0.05) is 0 Å². The lowest BCUT2D eigenvalue weighted by Crippen LogP contribution is -2.18. The second-order valence-electron chi connectivity index (χ2n) is 5.51. The molecule has 0 bridgehead atoms. The molecule has 0 spiro atoms. The fourth-order valence-corrected chi connectivity index (χ4v) is 3.12. The summed E-state index contributed by atoms with van der Waals surface area (Å²) in [6.45, 7) is 1.30. The summed E-state index contributed by atoms with van der Waals surface area (Å²) in [6.07, 6.45) is 4.98. The van der Waals surface area contributed by atoms with Gasteiger partial charge < -0.3 is 14.5 Å². The van der Waals surface area contributed by atoms with Crippen molar-refractivity contribution in [2.45, 2.75) is 32.1 Å². The van der Waals surface area contributed by atoms with Gasteiger partial charge in [-0.25, -0.2) is 0 Å². The molecule has 0 atom stereocenters. The van der Waals surface area contributed by atoms with E-state index in [1.165, 1.54) is 0 Å². The van der Waals surface area contributed by atoms with E-state index < -0.39 is 0 Å². The molecular formula is C16H17NO3. The molecule has 2 heterocycles. The van der Waals surface area contributed by atoms with Gasteiger partial charge in [0.2, 0.25) is 0 Å². The predicted octanol–water partition coefficient (Wildman–Crippen LogP) is 2.57. The highest BCUT2D eigenvalue weighted by molar-refractivity contribution is 5.83. The van der Waals surface area contributed by atoms with Crippen LogP contribution in [0.4, 0.5) is 0 Å². The zero-order valence-electron chi connectivity index (χ0n) is 11.3. The maximum absolute atomic E-state index is 12.6. The van der Waals surface area contributed by atoms with Gasteiger partial charge >= 0.3 is 0 Å². The van der Waals surface area contributed by atoms with Gasteiger partial charge in [-0.2, -0.15) is 0 Å². The maximum Gasteiger partial charge on any atom is 0.192 e. The summed E-state index contributed by atoms with van der Waals surface area (Å²) in [5, 5.41) is 0.718. The topological polar surface area (TPSA) is 51.3 Å². The van der Waals surface area contributed by atoms with E-state index in [-0.39, 0.29) is 5.43 Å². The lowest BCUT2D eigenvalue weighted by molar-refractivity contribution is 0.297. The Morgan fingerprint density at radius 3 is 2.55 bits per heavy atom. The molecule has 0 saturated carbocycles. The summed E-state index contributed by atoms with van der Waals surface area (Å²) < 4.78 is 11.4. The summed E-state index contributed by atoms with van der Waals surface area (Å²) in [5.41, 5.74) is 3.07. The minimum absolute atomic E-state index is 0.157. The van der Waals surface area contributed by atoms with Crippen LogP contribution in [0.1, 0.15) is 30.5 Å². The highest BCUT2D eigenvalue weighted by atomic mass is 16.5. The van der Waals surface area contributed by atoms with Crippen molar-refractivity contribution in [2.24, 2.45) is 0 Å². The third-order valence-corrected chi connectivity index (χ3v) is 4.16. The fraction of sp³-hybridized carbons (Fsp3) is 0.438. The van der Waals surface area contributed by atoms with E-state index in [1.54, 1.807) is 0 Å². The molecule has 1 aromatic carbocycles. The Labute approximate surface area is 116 Å². The normalized spacial score (nSPS) is 17.6. The molecule has 0 radical (unpaired) electrons. The van der Waals surface area contributed by atoms with Gasteiger partial charge in [-0.05, 0) is 31.7 Å². The Hall–Kier alpha value is -1.97. The second kappa shape index (κ2) is 4.54. The maximum atomic E-state index is 12.6. The first-order valence-electron chi connectivity index (χ1n) is 7.30. The lowest BCUT2D eigenvalue weighted by atomic mass is 9.94. The third kappa shape index (κ3) is 1.79. The molecule has 2 aromatic rings. The summed E-state index contributed by atoms with van der Waals surface area (Å²) in [5.74, 6) is 1.43. The van der Waals surface area contributed by atoms with Gasteiger partial charge in [0.25, 0.3) is 0 Å². The van der Waals surface area contributed by atoms with Crippen molar-refractivity contribution in [2.75, 3.05) is 13.2 Å². The highest BCUT2D eigenvalue weighted by Gasteiger charge is 2.18. The quantitative estimate of drug-likeness (QED) is 0.801. The molecule has 0 unspecified atom stereocenters. The molecule has 4 rings (SSSR count). The predicted molar refractivity (Wildman–Crippen MR) is 76.8 cm³/mol. The molecule has 1 N–H and O–H groups in total. The summed E-state index contributed by atoms with van der Waals surface area (Å²) >= 11 is 0. The monoisotopic (exact) mass is 271 g/mol. The van der Waals surface area contributed by atoms with E-state index in [0.29, 0.717) is 19.0 Å². The van der Waals surface area contributed by atoms with Crippen molar-refractivity contribution >= 4 is 10.9 Å². The van der Waals surface area contributed by atoms with Gasteiger partial charge in [0.1, 0.15) is 0 Å². The van der Waals surface area contributed by atoms with Crippen LogP contribution in [-0.2, 0) is 12.8 Å². The number of aromatic nitrogens is 1. The summed E-state index contributed by atoms with van der Waals surface area (Å²) in [4.78, 5) is 16.1. The van der Waals surface area contributed by atoms with E-state index in [1.807, 2.05) is 12.1 Å². The first-order chi connectivity index (χ1) is 9.83. The van der Waals surface area contributed by atoms with Crippen LogP contribution in [0.5, 0.6) is 11.5 Å². The molecule has 4 heteroatoms. The number of benzene rings is 1. The van der Waals surface area contributed by atoms with Gasteiger partial charge in [-0.3, -0.25) is 4.79 Å². The van der Waals surface area contributed by atoms with Crippen LogP contribution in [0.25, 0.3) is 10.9 Å². The van der Waals surface area contributed by atoms with Gasteiger partial charge in [0, 0.05) is 29.1 Å². The van der Waals surface area contributed by atoms with E-state index in [0.717, 1.165) is 60.0 Å². The standard InChI is InChI=1S/C16H17NO3/c18-16-10-4-1-2-5-12(10)17-13-9-15-14(8-11(13)16)19-6-3-7-20-15/h8-9H,1-7H2,(H,17,18). The molecule has 0 fully saturated rings. The number of rotatable bonds is 0. The summed E-state index contributed by atoms with van der Waals surface area (Å²) in [6, 6.07) is 3.75. The van der Waals surface area contributed by atoms with Crippen LogP contribution in [0.2, 0.25) is 0 Å². The van der Waals surface area contributed by atoms with Crippen molar-refractivity contribution in [1.82, 2.24) is 4.98 Å². The molecule has 2 aliphatic rings. The largest absolute Gasteiger partial charge is 0.490 e. The first-order valence-corrected chi connectivity index (χ1v) is 7.30. The van der Waals surface area contributed by atoms with Gasteiger partial charge in [0.05, 0.1) is 18.7 Å². The minimum Gasteiger partial charge on any atom is -0.490 e. The Balaban J connectivity index is 1.98. The van der Waals surface area contributed by atoms with Crippen LogP contribution in [0.15, 0.2) is 16.9 Å². The Kier molecular flexibility index (Phi) is 2.69. The average Bonchev–Trinajstić information content (AvgIpc) is 2.70. The van der Waals surface area contributed by atoms with Crippen LogP contribution in [0, 0.1) is 0 Å². The number of pyridine rings is 1. The number of aromatic amines is 1. The number of aryl methyl sites for hydroxylation is 1. The van der Waals surface area contributed by atoms with Crippen molar-refractivity contribution in [1.29, 1.82) is 0 Å². The van der Waals surface area contributed by atoms with E-state index >= 15 is 0 Å². The molecule has 20 heavy (non-hydrogen) atoms. The van der Waals surface area contributed by atoms with Crippen LogP contribution >= 0.6 is 0 Å². The molecule has 0 saturated heterocycles. The van der Waals surface area contributed by atoms with Gasteiger partial charge in [-0.15, -0.1) is 0 Å². The third-order valence-electron chi connectivity index (χ3n) is 4.16. The highest BCUT2D eigenvalue weighted by Crippen LogP contribution is 2.33. The van der Waals surface area contributed by atoms with Crippen molar-refractivity contribution in [3.05, 3.63) is 33.6 Å². The molecule has 1 aromatic heterocycles. The molecule has 104 valence electrons. The number of ether oxygens (including phenoxy) is 2. The summed E-state index contributed by atoms with van der Waals surface area (Å²) in [7, 11) is 0. The Bertz CT molecular complexity index is 733. The number of fused-ring (bicyclic) bond motifs is 3. The minimum atomic E-state index is 0.157. The zero-order chi connectivity index (χ0) is 13.5. The number of H-pyrrole nitrogens is 1. The van der Waals surface area contributed by atoms with Crippen molar-refractivity contribution < 1.29 is 9.47 Å². The number of hydrogen-bond donors (Lipinski definition) is 1. The average molecular weight is 271 g/mol. The van der Waals surface area contributed by atoms with E-state index in [2.05, 4.69) is 4.98 Å². The molecule has 4 nitrogen and oxygen atoms in total. The number of nitrogens with one attached hydrogen (secondary N) is 1. The van der Waals surface area contributed by atoms with Crippen LogP contribution < -0.4 is 14.9 Å².